The van der Waals surface area contributed by atoms with Gasteiger partial charge in [0, 0.05) is 11.9 Å². The topological polar surface area (TPSA) is 95.3 Å². The number of para-hydroxylation sites is 1. The largest absolute Gasteiger partial charge is 0.496 e. The van der Waals surface area contributed by atoms with Crippen molar-refractivity contribution in [1.29, 1.82) is 0 Å². The number of thioether (sulfide) groups is 1. The van der Waals surface area contributed by atoms with Gasteiger partial charge >= 0.3 is 5.97 Å². The lowest BCUT2D eigenvalue weighted by atomic mass is 10.1. The van der Waals surface area contributed by atoms with Crippen LogP contribution in [-0.2, 0) is 23.0 Å². The first-order valence-electron chi connectivity index (χ1n) is 10.2. The number of hydrogen-bond acceptors (Lipinski definition) is 8. The van der Waals surface area contributed by atoms with Gasteiger partial charge in [-0.3, -0.25) is 4.79 Å². The lowest BCUT2D eigenvalue weighted by Gasteiger charge is -2.08. The van der Waals surface area contributed by atoms with Crippen molar-refractivity contribution in [2.24, 2.45) is 7.05 Å². The van der Waals surface area contributed by atoms with Crippen LogP contribution in [0.1, 0.15) is 34.6 Å². The summed E-state index contributed by atoms with van der Waals surface area (Å²) >= 11 is 2.68. The third-order valence-electron chi connectivity index (χ3n) is 4.81. The number of rotatable bonds is 9. The summed E-state index contributed by atoms with van der Waals surface area (Å²) in [5.74, 6) is 0.823. The molecule has 0 bridgehead atoms. The Hall–Kier alpha value is -2.85. The van der Waals surface area contributed by atoms with E-state index in [1.807, 2.05) is 49.7 Å². The van der Waals surface area contributed by atoms with Gasteiger partial charge in [-0.15, -0.1) is 21.5 Å². The predicted molar refractivity (Wildman–Crippen MR) is 127 cm³/mol. The van der Waals surface area contributed by atoms with Crippen LogP contribution in [-0.4, -0.2) is 46.1 Å². The third kappa shape index (κ3) is 4.97. The van der Waals surface area contributed by atoms with E-state index in [-0.39, 0.29) is 18.3 Å². The Morgan fingerprint density at radius 3 is 2.66 bits per heavy atom. The minimum Gasteiger partial charge on any atom is -0.496 e. The fraction of sp³-hybridized carbons (Fsp3) is 0.364. The Kier molecular flexibility index (Phi) is 7.92. The number of methoxy groups -OCH3 is 1. The number of esters is 1. The summed E-state index contributed by atoms with van der Waals surface area (Å²) in [6.45, 7) is 5.93. The third-order valence-corrected chi connectivity index (χ3v) is 7.19. The van der Waals surface area contributed by atoms with Crippen LogP contribution in [0.3, 0.4) is 0 Å². The first kappa shape index (κ1) is 23.8. The predicted octanol–water partition coefficient (Wildman–Crippen LogP) is 4.33. The highest BCUT2D eigenvalue weighted by Gasteiger charge is 2.23. The molecule has 1 N–H and O–H groups in total. The van der Waals surface area contributed by atoms with Gasteiger partial charge < -0.3 is 19.4 Å². The molecule has 8 nitrogen and oxygen atoms in total. The molecule has 3 aromatic rings. The minimum atomic E-state index is -0.418. The maximum atomic E-state index is 12.7. The second kappa shape index (κ2) is 10.6. The molecule has 1 amide bonds. The minimum absolute atomic E-state index is 0.124. The number of ether oxygens (including phenoxy) is 2. The quantitative estimate of drug-likeness (QED) is 0.364. The van der Waals surface area contributed by atoms with E-state index in [1.165, 1.54) is 23.1 Å². The molecule has 32 heavy (non-hydrogen) atoms. The summed E-state index contributed by atoms with van der Waals surface area (Å²) in [6, 6.07) is 7.56. The summed E-state index contributed by atoms with van der Waals surface area (Å²) in [6.07, 6.45) is 0.776. The highest BCUT2D eigenvalue weighted by atomic mass is 32.2. The first-order chi connectivity index (χ1) is 15.4. The molecule has 2 heterocycles. The molecular formula is C22H26N4O4S2. The summed E-state index contributed by atoms with van der Waals surface area (Å²) in [4.78, 5) is 26.1. The number of aromatic nitrogens is 3. The van der Waals surface area contributed by atoms with Crippen molar-refractivity contribution in [2.45, 2.75) is 32.3 Å². The van der Waals surface area contributed by atoms with E-state index >= 15 is 0 Å². The van der Waals surface area contributed by atoms with Gasteiger partial charge in [-0.1, -0.05) is 30.8 Å². The molecule has 0 spiro atoms. The molecule has 3 rings (SSSR count). The van der Waals surface area contributed by atoms with Crippen LogP contribution in [0.2, 0.25) is 0 Å². The summed E-state index contributed by atoms with van der Waals surface area (Å²) in [5.41, 5.74) is 2.11. The van der Waals surface area contributed by atoms with Gasteiger partial charge in [-0.2, -0.15) is 0 Å². The van der Waals surface area contributed by atoms with Gasteiger partial charge in [0.15, 0.2) is 11.0 Å². The normalized spacial score (nSPS) is 10.8. The molecule has 1 aromatic carbocycles. The molecule has 2 aromatic heterocycles. The van der Waals surface area contributed by atoms with E-state index in [4.69, 9.17) is 9.47 Å². The average Bonchev–Trinajstić information content (AvgIpc) is 3.31. The van der Waals surface area contributed by atoms with Gasteiger partial charge in [-0.25, -0.2) is 4.79 Å². The summed E-state index contributed by atoms with van der Waals surface area (Å²) in [7, 11) is 3.45. The Balaban J connectivity index is 1.73. The SMILES string of the molecule is CCOC(=O)c1c(NC(=O)CSc2nnc(-c3ccccc3OC)n2C)sc(CC)c1C. The van der Waals surface area contributed by atoms with E-state index in [1.54, 1.807) is 14.0 Å². The lowest BCUT2D eigenvalue weighted by molar-refractivity contribution is -0.113. The van der Waals surface area contributed by atoms with E-state index in [0.717, 1.165) is 22.4 Å². The van der Waals surface area contributed by atoms with Crippen LogP contribution >= 0.6 is 23.1 Å². The molecule has 0 saturated carbocycles. The number of hydrogen-bond donors (Lipinski definition) is 1. The smallest absolute Gasteiger partial charge is 0.341 e. The fourth-order valence-electron chi connectivity index (χ4n) is 3.23. The van der Waals surface area contributed by atoms with E-state index in [0.29, 0.717) is 27.3 Å². The van der Waals surface area contributed by atoms with Gasteiger partial charge in [0.1, 0.15) is 10.8 Å². The molecule has 0 unspecified atom stereocenters. The second-order valence-corrected chi connectivity index (χ2v) is 8.88. The maximum Gasteiger partial charge on any atom is 0.341 e. The monoisotopic (exact) mass is 474 g/mol. The zero-order valence-electron chi connectivity index (χ0n) is 18.7. The maximum absolute atomic E-state index is 12.7. The van der Waals surface area contributed by atoms with Crippen LogP contribution in [0.4, 0.5) is 5.00 Å². The Morgan fingerprint density at radius 1 is 1.22 bits per heavy atom. The molecule has 0 aliphatic heterocycles. The highest BCUT2D eigenvalue weighted by Crippen LogP contribution is 2.34. The number of nitrogens with one attached hydrogen (secondary N) is 1. The van der Waals surface area contributed by atoms with Gasteiger partial charge in [0.2, 0.25) is 5.91 Å². The fourth-order valence-corrected chi connectivity index (χ4v) is 5.09. The molecule has 0 aliphatic carbocycles. The summed E-state index contributed by atoms with van der Waals surface area (Å²) < 4.78 is 12.4. The van der Waals surface area contributed by atoms with Crippen molar-refractivity contribution in [3.05, 3.63) is 40.3 Å². The van der Waals surface area contributed by atoms with Crippen LogP contribution in [0.15, 0.2) is 29.4 Å². The number of nitrogens with zero attached hydrogens (tertiary/aromatic N) is 3. The lowest BCUT2D eigenvalue weighted by Crippen LogP contribution is -2.16. The molecule has 0 saturated heterocycles. The number of thiophene rings is 1. The Morgan fingerprint density at radius 2 is 1.97 bits per heavy atom. The van der Waals surface area contributed by atoms with Gasteiger partial charge in [0.05, 0.1) is 30.6 Å². The zero-order chi connectivity index (χ0) is 23.3. The molecule has 0 atom stereocenters. The number of anilines is 1. The highest BCUT2D eigenvalue weighted by molar-refractivity contribution is 7.99. The molecule has 170 valence electrons. The summed E-state index contributed by atoms with van der Waals surface area (Å²) in [5, 5.41) is 12.5. The number of benzene rings is 1. The van der Waals surface area contributed by atoms with Crippen LogP contribution in [0.25, 0.3) is 11.4 Å². The van der Waals surface area contributed by atoms with Gasteiger partial charge in [-0.05, 0) is 38.0 Å². The number of carbonyl (C=O) groups is 2. The first-order valence-corrected chi connectivity index (χ1v) is 12.0. The number of carbonyl (C=O) groups excluding carboxylic acids is 2. The van der Waals surface area contributed by atoms with Crippen LogP contribution < -0.4 is 10.1 Å². The molecule has 10 heteroatoms. The van der Waals surface area contributed by atoms with Crippen LogP contribution in [0, 0.1) is 6.92 Å². The standard InChI is InChI=1S/C22H26N4O4S2/c1-6-16-13(3)18(21(28)30-7-2)20(32-16)23-17(27)12-31-22-25-24-19(26(22)4)14-10-8-9-11-15(14)29-5/h8-11H,6-7,12H2,1-5H3,(H,23,27). The molecule has 0 radical (unpaired) electrons. The van der Waals surface area contributed by atoms with E-state index in [2.05, 4.69) is 15.5 Å². The van der Waals surface area contributed by atoms with Crippen LogP contribution in [0.5, 0.6) is 5.75 Å². The Bertz CT molecular complexity index is 1120. The van der Waals surface area contributed by atoms with Crippen molar-refractivity contribution in [2.75, 3.05) is 24.8 Å². The molecule has 0 fully saturated rings. The number of amides is 1. The molecule has 0 aliphatic rings. The molecular weight excluding hydrogens is 448 g/mol. The van der Waals surface area contributed by atoms with Crippen molar-refractivity contribution >= 4 is 40.0 Å². The van der Waals surface area contributed by atoms with E-state index in [9.17, 15) is 9.59 Å². The van der Waals surface area contributed by atoms with Gasteiger partial charge in [0.25, 0.3) is 0 Å². The van der Waals surface area contributed by atoms with E-state index < -0.39 is 5.97 Å². The zero-order valence-corrected chi connectivity index (χ0v) is 20.4. The second-order valence-electron chi connectivity index (χ2n) is 6.83. The van der Waals surface area contributed by atoms with Crippen molar-refractivity contribution < 1.29 is 19.1 Å². The van der Waals surface area contributed by atoms with Crippen molar-refractivity contribution in [3.8, 4) is 17.1 Å². The average molecular weight is 475 g/mol. The Labute approximate surface area is 195 Å². The van der Waals surface area contributed by atoms with Crippen molar-refractivity contribution in [1.82, 2.24) is 14.8 Å². The number of aryl methyl sites for hydroxylation is 1. The van der Waals surface area contributed by atoms with Crippen molar-refractivity contribution in [3.63, 3.8) is 0 Å².